The predicted octanol–water partition coefficient (Wildman–Crippen LogP) is 7.16. The molecule has 5 rings (SSSR count). The normalized spacial score (nSPS) is 22.4. The van der Waals surface area contributed by atoms with Gasteiger partial charge in [0.15, 0.2) is 0 Å². The molecule has 5 nitrogen and oxygen atoms in total. The summed E-state index contributed by atoms with van der Waals surface area (Å²) in [5.41, 5.74) is 4.43. The molecular weight excluding hydrogens is 627 g/mol. The Morgan fingerprint density at radius 3 is 1.24 bits per heavy atom. The maximum Gasteiger partial charge on any atom is 0.115 e. The molecule has 1 aliphatic heterocycles. The summed E-state index contributed by atoms with van der Waals surface area (Å²) in [5, 5.41) is 0. The van der Waals surface area contributed by atoms with Crippen molar-refractivity contribution in [3.8, 4) is 0 Å². The molecule has 0 N–H and O–H groups in total. The van der Waals surface area contributed by atoms with Crippen LogP contribution >= 0.6 is 22.6 Å². The summed E-state index contributed by atoms with van der Waals surface area (Å²) in [6.45, 7) is 2.25. The quantitative estimate of drug-likeness (QED) is 0.106. The summed E-state index contributed by atoms with van der Waals surface area (Å²) >= 11 is 2.38. The maximum absolute atomic E-state index is 6.71. The first kappa shape index (κ1) is 29.9. The Labute approximate surface area is 256 Å². The Morgan fingerprint density at radius 1 is 0.463 bits per heavy atom. The van der Waals surface area contributed by atoms with Crippen molar-refractivity contribution in [1.82, 2.24) is 0 Å². The average molecular weight is 665 g/mol. The lowest BCUT2D eigenvalue weighted by Crippen LogP contribution is -2.61. The van der Waals surface area contributed by atoms with Gasteiger partial charge in [0.1, 0.15) is 24.4 Å². The van der Waals surface area contributed by atoms with Crippen LogP contribution in [-0.4, -0.2) is 41.6 Å². The van der Waals surface area contributed by atoms with E-state index in [1.807, 2.05) is 72.8 Å². The van der Waals surface area contributed by atoms with E-state index in [-0.39, 0.29) is 24.4 Å². The van der Waals surface area contributed by atoms with Crippen LogP contribution in [0.2, 0.25) is 0 Å². The minimum Gasteiger partial charge on any atom is -0.374 e. The van der Waals surface area contributed by atoms with Gasteiger partial charge < -0.3 is 23.7 Å². The Kier molecular flexibility index (Phi) is 11.8. The summed E-state index contributed by atoms with van der Waals surface area (Å²) in [6.07, 6.45) is -1.57. The third kappa shape index (κ3) is 8.95. The predicted molar refractivity (Wildman–Crippen MR) is 169 cm³/mol. The van der Waals surface area contributed by atoms with Crippen LogP contribution in [-0.2, 0) is 50.1 Å². The second kappa shape index (κ2) is 16.2. The molecule has 0 saturated carbocycles. The van der Waals surface area contributed by atoms with E-state index in [1.54, 1.807) is 0 Å². The summed E-state index contributed by atoms with van der Waals surface area (Å²) in [4.78, 5) is 0. The van der Waals surface area contributed by atoms with Gasteiger partial charge >= 0.3 is 0 Å². The van der Waals surface area contributed by atoms with Crippen molar-refractivity contribution in [3.05, 3.63) is 144 Å². The largest absolute Gasteiger partial charge is 0.374 e. The lowest BCUT2D eigenvalue weighted by atomic mass is 9.94. The number of hydrogen-bond acceptors (Lipinski definition) is 5. The Morgan fingerprint density at radius 2 is 0.829 bits per heavy atom. The molecule has 0 unspecified atom stereocenters. The zero-order valence-electron chi connectivity index (χ0n) is 23.1. The maximum atomic E-state index is 6.71. The fourth-order valence-corrected chi connectivity index (χ4v) is 5.72. The molecular formula is C35H37IO5. The Hall–Kier alpha value is -2.59. The molecule has 1 fully saturated rings. The van der Waals surface area contributed by atoms with Gasteiger partial charge in [-0.25, -0.2) is 0 Å². The molecule has 1 saturated heterocycles. The van der Waals surface area contributed by atoms with E-state index in [0.29, 0.717) is 33.0 Å². The smallest absolute Gasteiger partial charge is 0.115 e. The Balaban J connectivity index is 1.38. The van der Waals surface area contributed by atoms with Gasteiger partial charge in [0, 0.05) is 4.43 Å². The van der Waals surface area contributed by atoms with E-state index in [2.05, 4.69) is 71.1 Å². The van der Waals surface area contributed by atoms with Crippen LogP contribution in [0.5, 0.6) is 0 Å². The molecule has 0 aromatic heterocycles. The standard InChI is InChI=1S/C35H37IO5/c36-21-31-33(38-23-28-15-7-2-8-16-28)35(40-25-30-19-11-4-12-20-30)34(39-24-29-17-9-3-10-18-29)32(41-31)26-37-22-27-13-5-1-6-14-27/h1-20,31-35H,21-26H2/t31-,32+,33-,34-,35+/m0/s1. The first-order chi connectivity index (χ1) is 20.3. The van der Waals surface area contributed by atoms with Crippen molar-refractivity contribution in [2.75, 3.05) is 11.0 Å². The van der Waals surface area contributed by atoms with Crippen LogP contribution < -0.4 is 0 Å². The van der Waals surface area contributed by atoms with Crippen molar-refractivity contribution >= 4 is 22.6 Å². The van der Waals surface area contributed by atoms with Gasteiger partial charge in [-0.3, -0.25) is 0 Å². The van der Waals surface area contributed by atoms with Crippen molar-refractivity contribution in [2.45, 2.75) is 56.9 Å². The highest BCUT2D eigenvalue weighted by molar-refractivity contribution is 14.1. The van der Waals surface area contributed by atoms with E-state index in [1.165, 1.54) is 0 Å². The van der Waals surface area contributed by atoms with Crippen molar-refractivity contribution in [3.63, 3.8) is 0 Å². The van der Waals surface area contributed by atoms with E-state index >= 15 is 0 Å². The summed E-state index contributed by atoms with van der Waals surface area (Å²) in [6, 6.07) is 40.9. The first-order valence-corrected chi connectivity index (χ1v) is 15.6. The van der Waals surface area contributed by atoms with Gasteiger partial charge in [-0.2, -0.15) is 0 Å². The molecule has 0 bridgehead atoms. The zero-order valence-corrected chi connectivity index (χ0v) is 25.3. The number of benzene rings is 4. The topological polar surface area (TPSA) is 46.2 Å². The lowest BCUT2D eigenvalue weighted by Gasteiger charge is -2.46. The third-order valence-corrected chi connectivity index (χ3v) is 8.00. The highest BCUT2D eigenvalue weighted by Gasteiger charge is 2.48. The number of hydrogen-bond donors (Lipinski definition) is 0. The fourth-order valence-electron chi connectivity index (χ4n) is 5.01. The van der Waals surface area contributed by atoms with Crippen molar-refractivity contribution < 1.29 is 23.7 Å². The summed E-state index contributed by atoms with van der Waals surface area (Å²) < 4.78 is 33.6. The fraction of sp³-hybridized carbons (Fsp3) is 0.314. The highest BCUT2D eigenvalue weighted by Crippen LogP contribution is 2.32. The van der Waals surface area contributed by atoms with Gasteiger partial charge in [-0.1, -0.05) is 144 Å². The summed E-state index contributed by atoms with van der Waals surface area (Å²) in [7, 11) is 0. The Bertz CT molecular complexity index is 1260. The molecule has 214 valence electrons. The van der Waals surface area contributed by atoms with Gasteiger partial charge in [0.05, 0.1) is 39.1 Å². The van der Waals surface area contributed by atoms with Crippen LogP contribution in [0.25, 0.3) is 0 Å². The molecule has 0 spiro atoms. The molecule has 6 heteroatoms. The lowest BCUT2D eigenvalue weighted by molar-refractivity contribution is -0.267. The van der Waals surface area contributed by atoms with Crippen LogP contribution in [0.4, 0.5) is 0 Å². The number of ether oxygens (including phenoxy) is 5. The summed E-state index contributed by atoms with van der Waals surface area (Å²) in [5.74, 6) is 0. The van der Waals surface area contributed by atoms with Crippen LogP contribution in [0.3, 0.4) is 0 Å². The second-order valence-corrected chi connectivity index (χ2v) is 11.0. The highest BCUT2D eigenvalue weighted by atomic mass is 127. The molecule has 0 amide bonds. The number of alkyl halides is 1. The van der Waals surface area contributed by atoms with Crippen LogP contribution in [0.1, 0.15) is 22.3 Å². The van der Waals surface area contributed by atoms with Crippen LogP contribution in [0, 0.1) is 0 Å². The van der Waals surface area contributed by atoms with Gasteiger partial charge in [0.25, 0.3) is 0 Å². The molecule has 0 aliphatic carbocycles. The van der Waals surface area contributed by atoms with E-state index < -0.39 is 6.10 Å². The molecule has 41 heavy (non-hydrogen) atoms. The van der Waals surface area contributed by atoms with Crippen LogP contribution in [0.15, 0.2) is 121 Å². The molecule has 5 atom stereocenters. The molecule has 1 aliphatic rings. The van der Waals surface area contributed by atoms with E-state index in [9.17, 15) is 0 Å². The van der Waals surface area contributed by atoms with Crippen molar-refractivity contribution in [2.24, 2.45) is 0 Å². The van der Waals surface area contributed by atoms with Gasteiger partial charge in [-0.05, 0) is 22.3 Å². The second-order valence-electron chi connectivity index (χ2n) is 10.2. The van der Waals surface area contributed by atoms with Crippen molar-refractivity contribution in [1.29, 1.82) is 0 Å². The number of rotatable bonds is 14. The van der Waals surface area contributed by atoms with Gasteiger partial charge in [-0.15, -0.1) is 0 Å². The minimum atomic E-state index is -0.394. The third-order valence-electron chi connectivity index (χ3n) is 7.13. The molecule has 1 heterocycles. The average Bonchev–Trinajstić information content (AvgIpc) is 3.04. The van der Waals surface area contributed by atoms with Gasteiger partial charge in [0.2, 0.25) is 0 Å². The minimum absolute atomic E-state index is 0.179. The molecule has 4 aromatic rings. The SMILES string of the molecule is IC[C@@H]1O[C@H](COCc2ccccc2)[C@H](OCc2ccccc2)[C@H](OCc2ccccc2)[C@H]1OCc1ccccc1. The molecule has 0 radical (unpaired) electrons. The number of halogens is 1. The van der Waals surface area contributed by atoms with E-state index in [4.69, 9.17) is 23.7 Å². The molecule has 4 aromatic carbocycles. The van der Waals surface area contributed by atoms with E-state index in [0.717, 1.165) is 26.7 Å². The first-order valence-electron chi connectivity index (χ1n) is 14.1. The monoisotopic (exact) mass is 664 g/mol. The zero-order chi connectivity index (χ0) is 28.1.